The molecule has 182 valence electrons. The summed E-state index contributed by atoms with van der Waals surface area (Å²) in [6, 6.07) is 13.4. The lowest BCUT2D eigenvalue weighted by Crippen LogP contribution is -2.53. The van der Waals surface area contributed by atoms with Crippen molar-refractivity contribution in [2.45, 2.75) is 18.0 Å². The molecule has 2 aromatic heterocycles. The Hall–Kier alpha value is -3.29. The smallest absolute Gasteiger partial charge is 0.310 e. The molecule has 1 aromatic carbocycles. The van der Waals surface area contributed by atoms with E-state index >= 15 is 0 Å². The second-order valence-electron chi connectivity index (χ2n) is 8.80. The van der Waals surface area contributed by atoms with Crippen molar-refractivity contribution in [3.05, 3.63) is 79.7 Å². The van der Waals surface area contributed by atoms with Gasteiger partial charge in [-0.3, -0.25) is 14.5 Å². The fourth-order valence-corrected chi connectivity index (χ4v) is 6.41. The molecule has 3 aromatic rings. The van der Waals surface area contributed by atoms with Crippen molar-refractivity contribution in [3.63, 3.8) is 0 Å². The van der Waals surface area contributed by atoms with Gasteiger partial charge in [0.15, 0.2) is 6.29 Å². The maximum atomic E-state index is 14.2. The van der Waals surface area contributed by atoms with Gasteiger partial charge in [0.2, 0.25) is 0 Å². The van der Waals surface area contributed by atoms with Crippen molar-refractivity contribution in [3.8, 4) is 6.07 Å². The first-order chi connectivity index (χ1) is 17.3. The summed E-state index contributed by atoms with van der Waals surface area (Å²) in [5.74, 6) is -0.750. The summed E-state index contributed by atoms with van der Waals surface area (Å²) in [7, 11) is 1.63. The zero-order valence-corrected chi connectivity index (χ0v) is 21.3. The number of imide groups is 1. The fourth-order valence-electron chi connectivity index (χ4n) is 5.09. The Bertz CT molecular complexity index is 1400. The average Bonchev–Trinajstić information content (AvgIpc) is 3.52. The van der Waals surface area contributed by atoms with Crippen LogP contribution in [-0.2, 0) is 11.3 Å². The van der Waals surface area contributed by atoms with Crippen LogP contribution in [-0.4, -0.2) is 58.7 Å². The van der Waals surface area contributed by atoms with Crippen LogP contribution in [0.3, 0.4) is 0 Å². The number of urea groups is 1. The highest BCUT2D eigenvalue weighted by atomic mass is 35.5. The number of pyridine rings is 1. The first-order valence-electron chi connectivity index (χ1n) is 11.0. The average molecular weight is 540 g/mol. The van der Waals surface area contributed by atoms with Crippen LogP contribution in [0.15, 0.2) is 47.8 Å². The van der Waals surface area contributed by atoms with Gasteiger partial charge in [0.25, 0.3) is 5.91 Å². The van der Waals surface area contributed by atoms with Gasteiger partial charge in [0.1, 0.15) is 15.8 Å². The van der Waals surface area contributed by atoms with Gasteiger partial charge < -0.3 is 4.90 Å². The third-order valence-electron chi connectivity index (χ3n) is 6.77. The van der Waals surface area contributed by atoms with Crippen molar-refractivity contribution in [2.75, 3.05) is 25.0 Å². The summed E-state index contributed by atoms with van der Waals surface area (Å²) in [4.78, 5) is 48.4. The highest BCUT2D eigenvalue weighted by Gasteiger charge is 2.64. The van der Waals surface area contributed by atoms with Crippen LogP contribution in [0.2, 0.25) is 10.3 Å². The molecule has 2 aliphatic rings. The van der Waals surface area contributed by atoms with E-state index in [1.165, 1.54) is 28.4 Å². The molecule has 1 spiro atoms. The summed E-state index contributed by atoms with van der Waals surface area (Å²) in [5, 5.41) is 11.2. The van der Waals surface area contributed by atoms with Crippen LogP contribution in [0.4, 0.5) is 10.5 Å². The first-order valence-corrected chi connectivity index (χ1v) is 12.6. The molecule has 0 saturated carbocycles. The van der Waals surface area contributed by atoms with E-state index in [2.05, 4.69) is 16.0 Å². The Morgan fingerprint density at radius 1 is 1.19 bits per heavy atom. The molecule has 0 N–H and O–H groups in total. The van der Waals surface area contributed by atoms with Crippen molar-refractivity contribution in [1.82, 2.24) is 14.8 Å². The van der Waals surface area contributed by atoms with Crippen molar-refractivity contribution in [1.29, 1.82) is 5.26 Å². The van der Waals surface area contributed by atoms with E-state index in [1.54, 1.807) is 24.6 Å². The predicted octanol–water partition coefficient (Wildman–Crippen LogP) is 4.57. The molecule has 0 unspecified atom stereocenters. The Kier molecular flexibility index (Phi) is 6.30. The number of aldehydes is 1. The predicted molar refractivity (Wildman–Crippen MR) is 137 cm³/mol. The lowest BCUT2D eigenvalue weighted by molar-refractivity contribution is -0.124. The van der Waals surface area contributed by atoms with E-state index in [4.69, 9.17) is 23.2 Å². The van der Waals surface area contributed by atoms with Gasteiger partial charge in [-0.05, 0) is 35.9 Å². The van der Waals surface area contributed by atoms with Gasteiger partial charge in [-0.2, -0.15) is 5.26 Å². The molecular formula is C25H19Cl2N5O3S. The summed E-state index contributed by atoms with van der Waals surface area (Å²) in [5.41, 5.74) is 1.02. The molecule has 3 amide bonds. The molecule has 36 heavy (non-hydrogen) atoms. The van der Waals surface area contributed by atoms with Gasteiger partial charge in [0, 0.05) is 48.4 Å². The SMILES string of the molecule is CN1C(=O)N(c2cc(Cl)nc(Cl)c2)C(=O)[C@]12CN(Cc1cc(C=O)cs1)C[C@H]2c1ccc(C#N)cc1. The number of hydrogen-bond acceptors (Lipinski definition) is 7. The highest BCUT2D eigenvalue weighted by molar-refractivity contribution is 7.10. The lowest BCUT2D eigenvalue weighted by Gasteiger charge is -2.34. The number of aromatic nitrogens is 1. The van der Waals surface area contributed by atoms with E-state index < -0.39 is 11.6 Å². The molecular weight excluding hydrogens is 521 g/mol. The number of thiophene rings is 1. The Balaban J connectivity index is 1.57. The number of carbonyl (C=O) groups excluding carboxylic acids is 3. The number of amides is 3. The van der Waals surface area contributed by atoms with Gasteiger partial charge in [0.05, 0.1) is 17.3 Å². The highest BCUT2D eigenvalue weighted by Crippen LogP contribution is 2.47. The fraction of sp³-hybridized carbons (Fsp3) is 0.240. The van der Waals surface area contributed by atoms with E-state index in [0.717, 1.165) is 21.6 Å². The van der Waals surface area contributed by atoms with Crippen molar-refractivity contribution in [2.24, 2.45) is 0 Å². The maximum Gasteiger partial charge on any atom is 0.332 e. The largest absolute Gasteiger partial charge is 0.332 e. The minimum Gasteiger partial charge on any atom is -0.310 e. The number of likely N-dealkylation sites (tertiary alicyclic amines) is 1. The Labute approximate surface area is 221 Å². The third-order valence-corrected chi connectivity index (χ3v) is 8.10. The van der Waals surface area contributed by atoms with Crippen LogP contribution >= 0.6 is 34.5 Å². The van der Waals surface area contributed by atoms with Crippen molar-refractivity contribution < 1.29 is 14.4 Å². The van der Waals surface area contributed by atoms with E-state index in [9.17, 15) is 19.6 Å². The van der Waals surface area contributed by atoms with Crippen LogP contribution in [0, 0.1) is 11.3 Å². The lowest BCUT2D eigenvalue weighted by atomic mass is 9.80. The van der Waals surface area contributed by atoms with Gasteiger partial charge in [-0.1, -0.05) is 35.3 Å². The molecule has 2 saturated heterocycles. The molecule has 0 radical (unpaired) electrons. The molecule has 5 rings (SSSR count). The molecule has 8 nitrogen and oxygen atoms in total. The topological polar surface area (TPSA) is 97.6 Å². The standard InChI is InChI=1S/C25H19Cl2N5O3S/c1-30-24(35)32(18-7-21(26)29-22(27)8-18)23(34)25(30)14-31(10-19-6-16(12-33)13-36-19)11-20(25)17-4-2-15(9-28)3-5-17/h2-8,12-13,20H,10-11,14H2,1H3/t20-,25+/m0/s1. The van der Waals surface area contributed by atoms with Gasteiger partial charge in [-0.15, -0.1) is 11.3 Å². The van der Waals surface area contributed by atoms with E-state index in [1.807, 2.05) is 18.2 Å². The summed E-state index contributed by atoms with van der Waals surface area (Å²) in [6.45, 7) is 1.31. The molecule has 0 bridgehead atoms. The monoisotopic (exact) mass is 539 g/mol. The van der Waals surface area contributed by atoms with Crippen LogP contribution in [0.1, 0.15) is 32.3 Å². The van der Waals surface area contributed by atoms with Crippen LogP contribution < -0.4 is 4.90 Å². The number of halogens is 2. The van der Waals surface area contributed by atoms with E-state index in [-0.39, 0.29) is 34.4 Å². The first kappa shape index (κ1) is 24.4. The molecule has 11 heteroatoms. The zero-order valence-electron chi connectivity index (χ0n) is 19.0. The summed E-state index contributed by atoms with van der Waals surface area (Å²) >= 11 is 13.6. The van der Waals surface area contributed by atoms with Gasteiger partial charge >= 0.3 is 6.03 Å². The number of carbonyl (C=O) groups is 3. The second kappa shape index (κ2) is 9.30. The minimum absolute atomic E-state index is 0.0714. The molecule has 2 aliphatic heterocycles. The number of hydrogen-bond donors (Lipinski definition) is 0. The maximum absolute atomic E-state index is 14.2. The van der Waals surface area contributed by atoms with Crippen LogP contribution in [0.25, 0.3) is 0 Å². The summed E-state index contributed by atoms with van der Waals surface area (Å²) in [6.07, 6.45) is 0.806. The Morgan fingerprint density at radius 3 is 2.50 bits per heavy atom. The van der Waals surface area contributed by atoms with Gasteiger partial charge in [-0.25, -0.2) is 14.7 Å². The minimum atomic E-state index is -1.20. The Morgan fingerprint density at radius 2 is 1.89 bits per heavy atom. The van der Waals surface area contributed by atoms with Crippen LogP contribution in [0.5, 0.6) is 0 Å². The zero-order chi connectivity index (χ0) is 25.6. The number of anilines is 1. The quantitative estimate of drug-likeness (QED) is 0.267. The number of nitrogens with zero attached hydrogens (tertiary/aromatic N) is 5. The van der Waals surface area contributed by atoms with E-state index in [0.29, 0.717) is 24.2 Å². The van der Waals surface area contributed by atoms with Crippen molar-refractivity contribution >= 4 is 58.5 Å². The number of likely N-dealkylation sites (N-methyl/N-ethyl adjacent to an activating group) is 1. The number of benzene rings is 1. The number of nitriles is 1. The number of rotatable bonds is 5. The summed E-state index contributed by atoms with van der Waals surface area (Å²) < 4.78 is 0. The third kappa shape index (κ3) is 3.96. The molecule has 0 aliphatic carbocycles. The second-order valence-corrected chi connectivity index (χ2v) is 10.6. The normalized spacial score (nSPS) is 22.0. The molecule has 2 atom stereocenters. The molecule has 4 heterocycles. The molecule has 2 fully saturated rings.